The molecule has 2 aliphatic rings. The molecule has 2 heterocycles. The van der Waals surface area contributed by atoms with Crippen LogP contribution in [0.1, 0.15) is 15.9 Å². The first kappa shape index (κ1) is 22.8. The van der Waals surface area contributed by atoms with E-state index in [1.54, 1.807) is 28.0 Å². The van der Waals surface area contributed by atoms with E-state index < -0.39 is 0 Å². The monoisotopic (exact) mass is 509 g/mol. The van der Waals surface area contributed by atoms with E-state index >= 15 is 0 Å². The molecule has 2 aromatic carbocycles. The van der Waals surface area contributed by atoms with Gasteiger partial charge >= 0.3 is 0 Å². The van der Waals surface area contributed by atoms with Gasteiger partial charge in [0, 0.05) is 30.7 Å². The Hall–Kier alpha value is -3.39. The molecule has 33 heavy (non-hydrogen) atoms. The number of benzene rings is 2. The summed E-state index contributed by atoms with van der Waals surface area (Å²) in [5.41, 5.74) is 2.59. The third-order valence-corrected chi connectivity index (χ3v) is 6.11. The molecule has 4 rings (SSSR count). The molecule has 0 unspecified atom stereocenters. The SMILES string of the molecule is C=CC(=O)N1CC(NC(=O)COc2ccc(Br)cc2C(=O)N2CC=C(c3ccccc3)C2)C1. The van der Waals surface area contributed by atoms with Crippen LogP contribution in [0.15, 0.2) is 71.7 Å². The zero-order valence-electron chi connectivity index (χ0n) is 18.0. The van der Waals surface area contributed by atoms with Crippen LogP contribution in [0.3, 0.4) is 0 Å². The Morgan fingerprint density at radius 1 is 1.12 bits per heavy atom. The minimum absolute atomic E-state index is 0.108. The lowest BCUT2D eigenvalue weighted by atomic mass is 10.1. The number of likely N-dealkylation sites (tertiary alicyclic amines) is 1. The highest BCUT2D eigenvalue weighted by molar-refractivity contribution is 9.10. The van der Waals surface area contributed by atoms with Crippen LogP contribution in [-0.4, -0.2) is 66.3 Å². The maximum Gasteiger partial charge on any atom is 0.258 e. The van der Waals surface area contributed by atoms with Gasteiger partial charge in [-0.2, -0.15) is 0 Å². The van der Waals surface area contributed by atoms with Gasteiger partial charge in [0.25, 0.3) is 11.8 Å². The van der Waals surface area contributed by atoms with E-state index in [9.17, 15) is 14.4 Å². The number of hydrogen-bond donors (Lipinski definition) is 1. The van der Waals surface area contributed by atoms with Gasteiger partial charge in [-0.1, -0.05) is 58.9 Å². The van der Waals surface area contributed by atoms with Crippen molar-refractivity contribution in [2.75, 3.05) is 32.8 Å². The van der Waals surface area contributed by atoms with Crippen LogP contribution < -0.4 is 10.1 Å². The molecule has 7 nitrogen and oxygen atoms in total. The maximum absolute atomic E-state index is 13.2. The zero-order chi connectivity index (χ0) is 23.4. The summed E-state index contributed by atoms with van der Waals surface area (Å²) in [5.74, 6) is -0.266. The van der Waals surface area contributed by atoms with E-state index in [-0.39, 0.29) is 30.4 Å². The van der Waals surface area contributed by atoms with Crippen LogP contribution in [0.25, 0.3) is 5.57 Å². The van der Waals surface area contributed by atoms with Gasteiger partial charge in [-0.25, -0.2) is 0 Å². The van der Waals surface area contributed by atoms with Crippen molar-refractivity contribution < 1.29 is 19.1 Å². The molecule has 1 fully saturated rings. The second-order valence-electron chi connectivity index (χ2n) is 7.92. The molecule has 170 valence electrons. The Morgan fingerprint density at radius 3 is 2.61 bits per heavy atom. The number of nitrogens with zero attached hydrogens (tertiary/aromatic N) is 2. The zero-order valence-corrected chi connectivity index (χ0v) is 19.6. The normalized spacial score (nSPS) is 15.5. The molecule has 3 amide bonds. The molecule has 0 aromatic heterocycles. The lowest BCUT2D eigenvalue weighted by Crippen LogP contribution is -2.61. The van der Waals surface area contributed by atoms with Gasteiger partial charge in [-0.05, 0) is 35.4 Å². The largest absolute Gasteiger partial charge is 0.483 e. The van der Waals surface area contributed by atoms with Crippen LogP contribution in [0.4, 0.5) is 0 Å². The fourth-order valence-corrected chi connectivity index (χ4v) is 4.19. The number of halogens is 1. The standard InChI is InChI=1S/C25H24BrN3O4/c1-2-24(31)29-14-20(15-29)27-23(30)16-33-22-9-8-19(26)12-21(22)25(32)28-11-10-18(13-28)17-6-4-3-5-7-17/h2-10,12,20H,1,11,13-16H2,(H,27,30). The summed E-state index contributed by atoms with van der Waals surface area (Å²) in [7, 11) is 0. The van der Waals surface area contributed by atoms with Crippen LogP contribution in [-0.2, 0) is 9.59 Å². The predicted octanol–water partition coefficient (Wildman–Crippen LogP) is 2.88. The van der Waals surface area contributed by atoms with Crippen LogP contribution in [0, 0.1) is 0 Å². The molecule has 1 saturated heterocycles. The molecule has 0 radical (unpaired) electrons. The summed E-state index contributed by atoms with van der Waals surface area (Å²) in [6.45, 7) is 5.15. The minimum Gasteiger partial charge on any atom is -0.483 e. The van der Waals surface area contributed by atoms with E-state index in [2.05, 4.69) is 33.9 Å². The third kappa shape index (κ3) is 5.34. The average molecular weight is 510 g/mol. The molecule has 0 aliphatic carbocycles. The first-order valence-electron chi connectivity index (χ1n) is 10.6. The molecule has 0 bridgehead atoms. The first-order chi connectivity index (χ1) is 15.9. The second kappa shape index (κ2) is 10.0. The van der Waals surface area contributed by atoms with Crippen molar-refractivity contribution in [2.45, 2.75) is 6.04 Å². The fourth-order valence-electron chi connectivity index (χ4n) is 3.83. The minimum atomic E-state index is -0.304. The molecule has 2 aliphatic heterocycles. The van der Waals surface area contributed by atoms with Crippen molar-refractivity contribution in [3.05, 3.63) is 82.9 Å². The Labute approximate surface area is 200 Å². The molecule has 2 aromatic rings. The summed E-state index contributed by atoms with van der Waals surface area (Å²) in [5, 5.41) is 2.83. The van der Waals surface area contributed by atoms with E-state index in [4.69, 9.17) is 4.74 Å². The van der Waals surface area contributed by atoms with Crippen molar-refractivity contribution in [2.24, 2.45) is 0 Å². The fraction of sp³-hybridized carbons (Fsp3) is 0.240. The van der Waals surface area contributed by atoms with E-state index in [1.807, 2.05) is 30.3 Å². The van der Waals surface area contributed by atoms with Gasteiger partial charge in [-0.3, -0.25) is 14.4 Å². The molecule has 1 N–H and O–H groups in total. The number of amides is 3. The Morgan fingerprint density at radius 2 is 1.88 bits per heavy atom. The summed E-state index contributed by atoms with van der Waals surface area (Å²) in [4.78, 5) is 40.4. The van der Waals surface area contributed by atoms with Crippen LogP contribution >= 0.6 is 15.9 Å². The maximum atomic E-state index is 13.2. The molecule has 0 spiro atoms. The van der Waals surface area contributed by atoms with Crippen LogP contribution in [0.5, 0.6) is 5.75 Å². The van der Waals surface area contributed by atoms with Gasteiger partial charge in [0.15, 0.2) is 6.61 Å². The van der Waals surface area contributed by atoms with Crippen molar-refractivity contribution in [1.29, 1.82) is 0 Å². The Bertz CT molecular complexity index is 1110. The van der Waals surface area contributed by atoms with E-state index in [0.717, 1.165) is 15.6 Å². The van der Waals surface area contributed by atoms with Gasteiger partial charge in [-0.15, -0.1) is 0 Å². The highest BCUT2D eigenvalue weighted by Crippen LogP contribution is 2.28. The van der Waals surface area contributed by atoms with Gasteiger partial charge in [0.05, 0.1) is 11.6 Å². The van der Waals surface area contributed by atoms with Crippen molar-refractivity contribution in [3.8, 4) is 5.75 Å². The molecule has 8 heteroatoms. The lowest BCUT2D eigenvalue weighted by Gasteiger charge is -2.38. The van der Waals surface area contributed by atoms with E-state index in [1.165, 1.54) is 6.08 Å². The molecule has 0 saturated carbocycles. The highest BCUT2D eigenvalue weighted by atomic mass is 79.9. The molecule has 0 atom stereocenters. The molecular weight excluding hydrogens is 486 g/mol. The first-order valence-corrected chi connectivity index (χ1v) is 11.4. The topological polar surface area (TPSA) is 79.0 Å². The number of carbonyl (C=O) groups is 3. The number of rotatable bonds is 7. The number of ether oxygens (including phenoxy) is 1. The van der Waals surface area contributed by atoms with Crippen LogP contribution in [0.2, 0.25) is 0 Å². The summed E-state index contributed by atoms with van der Waals surface area (Å²) >= 11 is 3.42. The number of hydrogen-bond acceptors (Lipinski definition) is 4. The Kier molecular flexibility index (Phi) is 6.93. The highest BCUT2D eigenvalue weighted by Gasteiger charge is 2.30. The van der Waals surface area contributed by atoms with Gasteiger partial charge in [0.1, 0.15) is 5.75 Å². The predicted molar refractivity (Wildman–Crippen MR) is 129 cm³/mol. The summed E-state index contributed by atoms with van der Waals surface area (Å²) < 4.78 is 6.47. The lowest BCUT2D eigenvalue weighted by molar-refractivity contribution is -0.134. The van der Waals surface area contributed by atoms with Gasteiger partial charge in [0.2, 0.25) is 5.91 Å². The Balaban J connectivity index is 1.35. The number of carbonyl (C=O) groups excluding carboxylic acids is 3. The quantitative estimate of drug-likeness (QED) is 0.582. The van der Waals surface area contributed by atoms with Gasteiger partial charge < -0.3 is 19.9 Å². The summed E-state index contributed by atoms with van der Waals surface area (Å²) in [6.07, 6.45) is 3.31. The number of nitrogens with one attached hydrogen (secondary N) is 1. The molecular formula is C25H24BrN3O4. The third-order valence-electron chi connectivity index (χ3n) is 5.61. The van der Waals surface area contributed by atoms with Crippen molar-refractivity contribution in [1.82, 2.24) is 15.1 Å². The summed E-state index contributed by atoms with van der Waals surface area (Å²) in [6, 6.07) is 15.0. The van der Waals surface area contributed by atoms with Crippen molar-refractivity contribution in [3.63, 3.8) is 0 Å². The van der Waals surface area contributed by atoms with Crippen molar-refractivity contribution >= 4 is 39.2 Å². The smallest absolute Gasteiger partial charge is 0.258 e. The second-order valence-corrected chi connectivity index (χ2v) is 8.84. The van der Waals surface area contributed by atoms with E-state index in [0.29, 0.717) is 37.5 Å². The average Bonchev–Trinajstić information content (AvgIpc) is 3.30.